The zero-order valence-electron chi connectivity index (χ0n) is 14.6. The number of rotatable bonds is 5. The molecule has 1 N–H and O–H groups in total. The van der Waals surface area contributed by atoms with Crippen LogP contribution < -0.4 is 10.9 Å². The highest BCUT2D eigenvalue weighted by Crippen LogP contribution is 2.26. The number of carbonyl (C=O) groups excluding carboxylic acids is 1. The molecule has 1 aromatic carbocycles. The van der Waals surface area contributed by atoms with Gasteiger partial charge >= 0.3 is 0 Å². The molecule has 0 aliphatic carbocycles. The molecule has 130 valence electrons. The maximum Gasteiger partial charge on any atom is 0.262 e. The molecule has 2 aromatic heterocycles. The molecule has 0 radical (unpaired) electrons. The maximum atomic E-state index is 12.6. The van der Waals surface area contributed by atoms with E-state index >= 15 is 0 Å². The van der Waals surface area contributed by atoms with E-state index < -0.39 is 0 Å². The molecule has 0 aliphatic heterocycles. The predicted molar refractivity (Wildman–Crippen MR) is 101 cm³/mol. The number of amides is 1. The molecular weight excluding hydrogens is 334 g/mol. The molecule has 3 rings (SSSR count). The third-order valence-electron chi connectivity index (χ3n) is 4.30. The second-order valence-corrected chi connectivity index (χ2v) is 7.29. The molecule has 5 nitrogen and oxygen atoms in total. The summed E-state index contributed by atoms with van der Waals surface area (Å²) in [4.78, 5) is 30.3. The minimum absolute atomic E-state index is 0.0492. The highest BCUT2D eigenvalue weighted by molar-refractivity contribution is 7.20. The highest BCUT2D eigenvalue weighted by atomic mass is 32.1. The Morgan fingerprint density at radius 3 is 2.76 bits per heavy atom. The largest absolute Gasteiger partial charge is 0.349 e. The minimum Gasteiger partial charge on any atom is -0.349 e. The fourth-order valence-corrected chi connectivity index (χ4v) is 3.86. The van der Waals surface area contributed by atoms with Gasteiger partial charge in [-0.05, 0) is 37.8 Å². The quantitative estimate of drug-likeness (QED) is 0.765. The number of thiophene rings is 1. The zero-order valence-corrected chi connectivity index (χ0v) is 15.4. The van der Waals surface area contributed by atoms with Crippen molar-refractivity contribution < 1.29 is 4.79 Å². The smallest absolute Gasteiger partial charge is 0.262 e. The van der Waals surface area contributed by atoms with Crippen LogP contribution in [0, 0.1) is 6.92 Å². The number of aromatic nitrogens is 2. The summed E-state index contributed by atoms with van der Waals surface area (Å²) in [5.41, 5.74) is 1.85. The summed E-state index contributed by atoms with van der Waals surface area (Å²) >= 11 is 1.27. The normalized spacial score (nSPS) is 12.3. The monoisotopic (exact) mass is 355 g/mol. The molecule has 2 heterocycles. The Kier molecular flexibility index (Phi) is 4.99. The summed E-state index contributed by atoms with van der Waals surface area (Å²) in [5.74, 6) is -0.136. The first-order chi connectivity index (χ1) is 12.0. The van der Waals surface area contributed by atoms with E-state index in [1.807, 2.05) is 32.0 Å². The van der Waals surface area contributed by atoms with Crippen LogP contribution in [0.1, 0.15) is 34.1 Å². The van der Waals surface area contributed by atoms with Crippen molar-refractivity contribution >= 4 is 27.5 Å². The van der Waals surface area contributed by atoms with Crippen LogP contribution in [0.5, 0.6) is 0 Å². The zero-order chi connectivity index (χ0) is 18.0. The van der Waals surface area contributed by atoms with Crippen LogP contribution in [-0.4, -0.2) is 21.5 Å². The average Bonchev–Trinajstić information content (AvgIpc) is 2.95. The average molecular weight is 355 g/mol. The first-order valence-corrected chi connectivity index (χ1v) is 9.08. The van der Waals surface area contributed by atoms with Crippen molar-refractivity contribution in [1.29, 1.82) is 0 Å². The minimum atomic E-state index is -0.136. The Labute approximate surface area is 150 Å². The molecule has 0 bridgehead atoms. The molecule has 6 heteroatoms. The molecule has 0 unspecified atom stereocenters. The van der Waals surface area contributed by atoms with E-state index in [1.54, 1.807) is 7.05 Å². The highest BCUT2D eigenvalue weighted by Gasteiger charge is 2.20. The third kappa shape index (κ3) is 3.64. The molecular formula is C19H21N3O2S. The SMILES string of the molecule is Cc1c(C(=O)N[C@H](C)CCc2ccccc2)sc2ncn(C)c(=O)c12. The first kappa shape index (κ1) is 17.4. The molecule has 0 spiro atoms. The van der Waals surface area contributed by atoms with Crippen molar-refractivity contribution in [2.75, 3.05) is 0 Å². The third-order valence-corrected chi connectivity index (χ3v) is 5.50. The summed E-state index contributed by atoms with van der Waals surface area (Å²) in [7, 11) is 1.66. The van der Waals surface area contributed by atoms with E-state index in [-0.39, 0.29) is 17.5 Å². The number of nitrogens with one attached hydrogen (secondary N) is 1. The van der Waals surface area contributed by atoms with Crippen LogP contribution in [0.2, 0.25) is 0 Å². The molecule has 1 amide bonds. The van der Waals surface area contributed by atoms with Gasteiger partial charge in [0.05, 0.1) is 16.6 Å². The van der Waals surface area contributed by atoms with Gasteiger partial charge in [0.2, 0.25) is 0 Å². The van der Waals surface area contributed by atoms with E-state index in [2.05, 4.69) is 22.4 Å². The van der Waals surface area contributed by atoms with Gasteiger partial charge in [0.1, 0.15) is 4.83 Å². The fourth-order valence-electron chi connectivity index (χ4n) is 2.81. The summed E-state index contributed by atoms with van der Waals surface area (Å²) in [6.45, 7) is 3.81. The molecule has 0 saturated heterocycles. The second-order valence-electron chi connectivity index (χ2n) is 6.30. The lowest BCUT2D eigenvalue weighted by Crippen LogP contribution is -2.32. The van der Waals surface area contributed by atoms with E-state index in [1.165, 1.54) is 27.8 Å². The van der Waals surface area contributed by atoms with Gasteiger partial charge in [-0.2, -0.15) is 0 Å². The van der Waals surface area contributed by atoms with Crippen LogP contribution in [0.25, 0.3) is 10.2 Å². The lowest BCUT2D eigenvalue weighted by molar-refractivity contribution is 0.0942. The molecule has 3 aromatic rings. The topological polar surface area (TPSA) is 64.0 Å². The van der Waals surface area contributed by atoms with Gasteiger partial charge in [-0.15, -0.1) is 11.3 Å². The molecule has 0 saturated carbocycles. The molecule has 0 aliphatic rings. The number of benzene rings is 1. The number of nitrogens with zero attached hydrogens (tertiary/aromatic N) is 2. The Morgan fingerprint density at radius 1 is 1.32 bits per heavy atom. The lowest BCUT2D eigenvalue weighted by atomic mass is 10.1. The van der Waals surface area contributed by atoms with Crippen molar-refractivity contribution in [3.63, 3.8) is 0 Å². The lowest BCUT2D eigenvalue weighted by Gasteiger charge is -2.13. The van der Waals surface area contributed by atoms with Crippen molar-refractivity contribution in [3.05, 3.63) is 63.0 Å². The van der Waals surface area contributed by atoms with Gasteiger partial charge < -0.3 is 9.88 Å². The second kappa shape index (κ2) is 7.19. The van der Waals surface area contributed by atoms with Crippen molar-refractivity contribution in [2.45, 2.75) is 32.7 Å². The van der Waals surface area contributed by atoms with Crippen LogP contribution in [-0.2, 0) is 13.5 Å². The van der Waals surface area contributed by atoms with Gasteiger partial charge in [-0.3, -0.25) is 9.59 Å². The fraction of sp³-hybridized carbons (Fsp3) is 0.316. The van der Waals surface area contributed by atoms with Crippen LogP contribution in [0.3, 0.4) is 0 Å². The molecule has 1 atom stereocenters. The van der Waals surface area contributed by atoms with Gasteiger partial charge in [-0.25, -0.2) is 4.98 Å². The summed E-state index contributed by atoms with van der Waals surface area (Å²) in [6.07, 6.45) is 3.26. The Balaban J connectivity index is 1.73. The van der Waals surface area contributed by atoms with E-state index in [9.17, 15) is 9.59 Å². The summed E-state index contributed by atoms with van der Waals surface area (Å²) < 4.78 is 1.44. The van der Waals surface area contributed by atoms with Crippen LogP contribution >= 0.6 is 11.3 Å². The number of hydrogen-bond donors (Lipinski definition) is 1. The number of carbonyl (C=O) groups is 1. The van der Waals surface area contributed by atoms with Crippen LogP contribution in [0.15, 0.2) is 41.5 Å². The Morgan fingerprint density at radius 2 is 2.04 bits per heavy atom. The Hall–Kier alpha value is -2.47. The number of hydrogen-bond acceptors (Lipinski definition) is 4. The number of fused-ring (bicyclic) bond motifs is 1. The predicted octanol–water partition coefficient (Wildman–Crippen LogP) is 3.05. The maximum absolute atomic E-state index is 12.6. The van der Waals surface area contributed by atoms with Gasteiger partial charge in [0.25, 0.3) is 11.5 Å². The van der Waals surface area contributed by atoms with Crippen molar-refractivity contribution in [1.82, 2.24) is 14.9 Å². The van der Waals surface area contributed by atoms with Crippen molar-refractivity contribution in [3.8, 4) is 0 Å². The van der Waals surface area contributed by atoms with E-state index in [0.29, 0.717) is 20.7 Å². The molecule has 25 heavy (non-hydrogen) atoms. The van der Waals surface area contributed by atoms with Gasteiger partial charge in [-0.1, -0.05) is 30.3 Å². The standard InChI is InChI=1S/C19H21N3O2S/c1-12(9-10-14-7-5-4-6-8-14)21-17(23)16-13(2)15-18(25-16)20-11-22(3)19(15)24/h4-8,11-12H,9-10H2,1-3H3,(H,21,23)/t12-/m1/s1. The van der Waals surface area contributed by atoms with E-state index in [4.69, 9.17) is 0 Å². The van der Waals surface area contributed by atoms with E-state index in [0.717, 1.165) is 12.8 Å². The number of aryl methyl sites for hydroxylation is 3. The summed E-state index contributed by atoms with van der Waals surface area (Å²) in [6, 6.07) is 10.3. The van der Waals surface area contributed by atoms with Gasteiger partial charge in [0, 0.05) is 13.1 Å². The summed E-state index contributed by atoms with van der Waals surface area (Å²) in [5, 5.41) is 3.58. The van der Waals surface area contributed by atoms with Crippen LogP contribution in [0.4, 0.5) is 0 Å². The Bertz CT molecular complexity index is 960. The van der Waals surface area contributed by atoms with Crippen molar-refractivity contribution in [2.24, 2.45) is 7.05 Å². The van der Waals surface area contributed by atoms with Gasteiger partial charge in [0.15, 0.2) is 0 Å². The molecule has 0 fully saturated rings. The first-order valence-electron chi connectivity index (χ1n) is 8.27.